The first-order valence-electron chi connectivity index (χ1n) is 6.08. The number of carbonyl (C=O) groups is 1. The highest BCUT2D eigenvalue weighted by Gasteiger charge is 2.09. The van der Waals surface area contributed by atoms with E-state index in [4.69, 9.17) is 34.8 Å². The Kier molecular flexibility index (Phi) is 6.94. The summed E-state index contributed by atoms with van der Waals surface area (Å²) in [7, 11) is 0. The van der Waals surface area contributed by atoms with Crippen molar-refractivity contribution >= 4 is 46.4 Å². The van der Waals surface area contributed by atoms with Crippen LogP contribution in [0.25, 0.3) is 0 Å². The first-order valence-corrected chi connectivity index (χ1v) is 7.21. The van der Waals surface area contributed by atoms with Gasteiger partial charge in [0.25, 0.3) is 0 Å². The maximum atomic E-state index is 11.7. The van der Waals surface area contributed by atoms with Gasteiger partial charge in [0.2, 0.25) is 5.91 Å². The molecule has 0 unspecified atom stereocenters. The lowest BCUT2D eigenvalue weighted by molar-refractivity contribution is -0.116. The molecule has 1 aromatic carbocycles. The van der Waals surface area contributed by atoms with Gasteiger partial charge in [-0.3, -0.25) is 4.79 Å². The smallest absolute Gasteiger partial charge is 0.224 e. The van der Waals surface area contributed by atoms with Gasteiger partial charge in [-0.2, -0.15) is 0 Å². The van der Waals surface area contributed by atoms with Crippen molar-refractivity contribution < 1.29 is 4.79 Å². The normalized spacial score (nSPS) is 10.8. The molecule has 0 fully saturated rings. The molecule has 0 radical (unpaired) electrons. The molecule has 6 heteroatoms. The standard InChI is InChI=1S/C13H17Cl3N2O/c1-8(2)17-5-3-4-13(19)18-12-7-10(15)9(14)6-11(12)16/h6-8,17H,3-5H2,1-2H3,(H,18,19). The molecule has 19 heavy (non-hydrogen) atoms. The van der Waals surface area contributed by atoms with Crippen LogP contribution in [0.5, 0.6) is 0 Å². The van der Waals surface area contributed by atoms with E-state index >= 15 is 0 Å². The molecule has 0 saturated heterocycles. The van der Waals surface area contributed by atoms with E-state index < -0.39 is 0 Å². The zero-order valence-electron chi connectivity index (χ0n) is 10.9. The summed E-state index contributed by atoms with van der Waals surface area (Å²) in [5, 5.41) is 7.08. The minimum Gasteiger partial charge on any atom is -0.325 e. The van der Waals surface area contributed by atoms with E-state index in [2.05, 4.69) is 24.5 Å². The van der Waals surface area contributed by atoms with Gasteiger partial charge < -0.3 is 10.6 Å². The highest BCUT2D eigenvalue weighted by molar-refractivity contribution is 6.44. The van der Waals surface area contributed by atoms with E-state index in [1.54, 1.807) is 6.07 Å². The van der Waals surface area contributed by atoms with Gasteiger partial charge in [0.1, 0.15) is 0 Å². The predicted octanol–water partition coefficient (Wildman–Crippen LogP) is 4.36. The second kappa shape index (κ2) is 7.95. The third-order valence-electron chi connectivity index (χ3n) is 2.42. The third kappa shape index (κ3) is 6.00. The highest BCUT2D eigenvalue weighted by Crippen LogP contribution is 2.32. The molecule has 0 atom stereocenters. The fourth-order valence-electron chi connectivity index (χ4n) is 1.47. The minimum absolute atomic E-state index is 0.0918. The quantitative estimate of drug-likeness (QED) is 0.603. The Bertz CT molecular complexity index is 450. The molecule has 0 bridgehead atoms. The van der Waals surface area contributed by atoms with Crippen LogP contribution in [0.3, 0.4) is 0 Å². The summed E-state index contributed by atoms with van der Waals surface area (Å²) in [4.78, 5) is 11.7. The van der Waals surface area contributed by atoms with Gasteiger partial charge in [-0.1, -0.05) is 48.7 Å². The van der Waals surface area contributed by atoms with Crippen LogP contribution in [0.2, 0.25) is 15.1 Å². The van der Waals surface area contributed by atoms with Crippen molar-refractivity contribution in [3.8, 4) is 0 Å². The van der Waals surface area contributed by atoms with Gasteiger partial charge in [-0.05, 0) is 25.1 Å². The van der Waals surface area contributed by atoms with Gasteiger partial charge >= 0.3 is 0 Å². The lowest BCUT2D eigenvalue weighted by Crippen LogP contribution is -2.24. The molecule has 1 rings (SSSR count). The Balaban J connectivity index is 2.46. The van der Waals surface area contributed by atoms with E-state index in [9.17, 15) is 4.79 Å². The average molecular weight is 324 g/mol. The summed E-state index contributed by atoms with van der Waals surface area (Å²) in [6, 6.07) is 3.49. The molecule has 0 spiro atoms. The van der Waals surface area contributed by atoms with Crippen LogP contribution < -0.4 is 10.6 Å². The molecule has 0 aliphatic heterocycles. The Morgan fingerprint density at radius 2 is 1.79 bits per heavy atom. The lowest BCUT2D eigenvalue weighted by Gasteiger charge is -2.10. The fourth-order valence-corrected chi connectivity index (χ4v) is 2.06. The molecule has 106 valence electrons. The van der Waals surface area contributed by atoms with Crippen LogP contribution in [0.1, 0.15) is 26.7 Å². The van der Waals surface area contributed by atoms with Crippen molar-refractivity contribution in [3.05, 3.63) is 27.2 Å². The average Bonchev–Trinajstić information content (AvgIpc) is 2.31. The van der Waals surface area contributed by atoms with Crippen LogP contribution in [-0.2, 0) is 4.79 Å². The number of hydrogen-bond donors (Lipinski definition) is 2. The van der Waals surface area contributed by atoms with Crippen LogP contribution >= 0.6 is 34.8 Å². The van der Waals surface area contributed by atoms with Crippen LogP contribution in [-0.4, -0.2) is 18.5 Å². The van der Waals surface area contributed by atoms with Crippen molar-refractivity contribution in [1.82, 2.24) is 5.32 Å². The zero-order valence-corrected chi connectivity index (χ0v) is 13.2. The number of carbonyl (C=O) groups excluding carboxylic acids is 1. The van der Waals surface area contributed by atoms with Gasteiger partial charge in [0, 0.05) is 12.5 Å². The molecule has 0 aromatic heterocycles. The van der Waals surface area contributed by atoms with Crippen LogP contribution in [0.15, 0.2) is 12.1 Å². The summed E-state index contributed by atoms with van der Waals surface area (Å²) in [5.74, 6) is -0.0918. The number of rotatable bonds is 6. The van der Waals surface area contributed by atoms with E-state index in [0.717, 1.165) is 13.0 Å². The number of amides is 1. The molecule has 0 heterocycles. The molecule has 0 saturated carbocycles. The van der Waals surface area contributed by atoms with Gasteiger partial charge in [0.15, 0.2) is 0 Å². The number of halogens is 3. The summed E-state index contributed by atoms with van der Waals surface area (Å²) in [5.41, 5.74) is 0.484. The van der Waals surface area contributed by atoms with Crippen molar-refractivity contribution in [2.75, 3.05) is 11.9 Å². The summed E-state index contributed by atoms with van der Waals surface area (Å²) in [6.07, 6.45) is 1.19. The highest BCUT2D eigenvalue weighted by atomic mass is 35.5. The van der Waals surface area contributed by atoms with Crippen LogP contribution in [0, 0.1) is 0 Å². The Hall–Kier alpha value is -0.480. The molecule has 1 aromatic rings. The molecule has 0 aliphatic rings. The minimum atomic E-state index is -0.0918. The first-order chi connectivity index (χ1) is 8.90. The maximum absolute atomic E-state index is 11.7. The second-order valence-corrected chi connectivity index (χ2v) is 5.73. The Morgan fingerprint density at radius 3 is 2.42 bits per heavy atom. The molecule has 3 nitrogen and oxygen atoms in total. The number of hydrogen-bond acceptors (Lipinski definition) is 2. The lowest BCUT2D eigenvalue weighted by atomic mass is 10.2. The summed E-state index contributed by atoms with van der Waals surface area (Å²) >= 11 is 17.7. The van der Waals surface area contributed by atoms with E-state index in [1.165, 1.54) is 6.07 Å². The number of nitrogens with one attached hydrogen (secondary N) is 2. The molecule has 0 aliphatic carbocycles. The van der Waals surface area contributed by atoms with Crippen molar-refractivity contribution in [2.24, 2.45) is 0 Å². The van der Waals surface area contributed by atoms with Crippen molar-refractivity contribution in [2.45, 2.75) is 32.7 Å². The SMILES string of the molecule is CC(C)NCCCC(=O)Nc1cc(Cl)c(Cl)cc1Cl. The second-order valence-electron chi connectivity index (χ2n) is 4.51. The maximum Gasteiger partial charge on any atom is 0.224 e. The van der Waals surface area contributed by atoms with Crippen molar-refractivity contribution in [3.63, 3.8) is 0 Å². The van der Waals surface area contributed by atoms with Crippen molar-refractivity contribution in [1.29, 1.82) is 0 Å². The molecule has 2 N–H and O–H groups in total. The fraction of sp³-hybridized carbons (Fsp3) is 0.462. The Labute approximate surface area is 128 Å². The molecule has 1 amide bonds. The largest absolute Gasteiger partial charge is 0.325 e. The van der Waals surface area contributed by atoms with Gasteiger partial charge in [0.05, 0.1) is 20.8 Å². The molecular formula is C13H17Cl3N2O. The number of anilines is 1. The third-order valence-corrected chi connectivity index (χ3v) is 3.45. The van der Waals surface area contributed by atoms with E-state index in [0.29, 0.717) is 33.2 Å². The predicted molar refractivity (Wildman–Crippen MR) is 82.5 cm³/mol. The number of benzene rings is 1. The van der Waals surface area contributed by atoms with Gasteiger partial charge in [-0.25, -0.2) is 0 Å². The Morgan fingerprint density at radius 1 is 1.16 bits per heavy atom. The zero-order chi connectivity index (χ0) is 14.4. The topological polar surface area (TPSA) is 41.1 Å². The van der Waals surface area contributed by atoms with Crippen LogP contribution in [0.4, 0.5) is 5.69 Å². The monoisotopic (exact) mass is 322 g/mol. The van der Waals surface area contributed by atoms with E-state index in [-0.39, 0.29) is 5.91 Å². The summed E-state index contributed by atoms with van der Waals surface area (Å²) in [6.45, 7) is 4.94. The van der Waals surface area contributed by atoms with E-state index in [1.807, 2.05) is 0 Å². The molecular weight excluding hydrogens is 307 g/mol. The van der Waals surface area contributed by atoms with Gasteiger partial charge in [-0.15, -0.1) is 0 Å². The first kappa shape index (κ1) is 16.6. The summed E-state index contributed by atoms with van der Waals surface area (Å²) < 4.78 is 0.